The van der Waals surface area contributed by atoms with Gasteiger partial charge in [0, 0.05) is 32.0 Å². The molecule has 0 radical (unpaired) electrons. The zero-order valence-electron chi connectivity index (χ0n) is 14.6. The molecule has 1 heterocycles. The van der Waals surface area contributed by atoms with Crippen molar-refractivity contribution in [3.8, 4) is 0 Å². The average molecular weight is 334 g/mol. The molecule has 0 aliphatic carbocycles. The van der Waals surface area contributed by atoms with Crippen LogP contribution in [0.5, 0.6) is 0 Å². The molecule has 1 aromatic rings. The number of carbonyl (C=O) groups is 2. The highest BCUT2D eigenvalue weighted by Gasteiger charge is 2.38. The second-order valence-electron chi connectivity index (χ2n) is 6.80. The number of rotatable bonds is 8. The molecule has 1 saturated heterocycles. The molecule has 24 heavy (non-hydrogen) atoms. The summed E-state index contributed by atoms with van der Waals surface area (Å²) in [4.78, 5) is 25.8. The Morgan fingerprint density at radius 1 is 1.33 bits per heavy atom. The summed E-state index contributed by atoms with van der Waals surface area (Å²) in [6.07, 6.45) is 4.93. The summed E-state index contributed by atoms with van der Waals surface area (Å²) < 4.78 is 13.1. The lowest BCUT2D eigenvalue weighted by atomic mass is 9.85. The van der Waals surface area contributed by atoms with E-state index in [1.54, 1.807) is 17.0 Å². The maximum absolute atomic E-state index is 13.1. The van der Waals surface area contributed by atoms with E-state index in [-0.39, 0.29) is 17.6 Å². The molecule has 4 nitrogen and oxygen atoms in total. The zero-order valence-corrected chi connectivity index (χ0v) is 14.6. The number of benzene rings is 1. The summed E-state index contributed by atoms with van der Waals surface area (Å²) in [5.41, 5.74) is 0.585. The molecule has 0 spiro atoms. The SMILES string of the molecule is CCCCN(C)C(=O)CC[C@@]1(Cc2ccc(F)cc2)CCC(=O)N1. The third kappa shape index (κ3) is 5.05. The van der Waals surface area contributed by atoms with Gasteiger partial charge in [-0.15, -0.1) is 0 Å². The van der Waals surface area contributed by atoms with Crippen LogP contribution in [-0.4, -0.2) is 35.8 Å². The van der Waals surface area contributed by atoms with Crippen LogP contribution in [0.25, 0.3) is 0 Å². The molecule has 0 bridgehead atoms. The Bertz CT molecular complexity index is 573. The Morgan fingerprint density at radius 2 is 2.04 bits per heavy atom. The molecule has 1 atom stereocenters. The van der Waals surface area contributed by atoms with E-state index in [0.29, 0.717) is 25.7 Å². The van der Waals surface area contributed by atoms with E-state index >= 15 is 0 Å². The average Bonchev–Trinajstić information content (AvgIpc) is 2.93. The van der Waals surface area contributed by atoms with Crippen molar-refractivity contribution in [1.29, 1.82) is 0 Å². The van der Waals surface area contributed by atoms with Crippen LogP contribution in [-0.2, 0) is 16.0 Å². The third-order valence-electron chi connectivity index (χ3n) is 4.78. The first kappa shape index (κ1) is 18.4. The van der Waals surface area contributed by atoms with E-state index in [0.717, 1.165) is 31.4 Å². The molecule has 0 saturated carbocycles. The summed E-state index contributed by atoms with van der Waals surface area (Å²) in [5, 5.41) is 3.06. The van der Waals surface area contributed by atoms with Crippen molar-refractivity contribution in [2.75, 3.05) is 13.6 Å². The van der Waals surface area contributed by atoms with E-state index < -0.39 is 5.54 Å². The first-order valence-corrected chi connectivity index (χ1v) is 8.73. The predicted molar refractivity (Wildman–Crippen MR) is 92.0 cm³/mol. The molecule has 1 fully saturated rings. The number of unbranched alkanes of at least 4 members (excludes halogenated alkanes) is 1. The van der Waals surface area contributed by atoms with E-state index in [2.05, 4.69) is 12.2 Å². The van der Waals surface area contributed by atoms with Crippen LogP contribution >= 0.6 is 0 Å². The monoisotopic (exact) mass is 334 g/mol. The lowest BCUT2D eigenvalue weighted by molar-refractivity contribution is -0.130. The molecule has 2 amide bonds. The van der Waals surface area contributed by atoms with E-state index in [9.17, 15) is 14.0 Å². The van der Waals surface area contributed by atoms with Gasteiger partial charge in [0.05, 0.1) is 0 Å². The van der Waals surface area contributed by atoms with Crippen molar-refractivity contribution < 1.29 is 14.0 Å². The van der Waals surface area contributed by atoms with Crippen LogP contribution in [0.15, 0.2) is 24.3 Å². The molecule has 1 N–H and O–H groups in total. The number of hydrogen-bond acceptors (Lipinski definition) is 2. The van der Waals surface area contributed by atoms with E-state index in [1.807, 2.05) is 7.05 Å². The van der Waals surface area contributed by atoms with Gasteiger partial charge < -0.3 is 10.2 Å². The Balaban J connectivity index is 1.99. The van der Waals surface area contributed by atoms with E-state index in [1.165, 1.54) is 12.1 Å². The van der Waals surface area contributed by atoms with Gasteiger partial charge in [0.1, 0.15) is 5.82 Å². The highest BCUT2D eigenvalue weighted by molar-refractivity contribution is 5.80. The maximum Gasteiger partial charge on any atom is 0.222 e. The fourth-order valence-corrected chi connectivity index (χ4v) is 3.23. The quantitative estimate of drug-likeness (QED) is 0.794. The van der Waals surface area contributed by atoms with Crippen molar-refractivity contribution in [3.05, 3.63) is 35.6 Å². The molecule has 0 aromatic heterocycles. The standard InChI is InChI=1S/C19H27FN2O2/c1-3-4-13-22(2)18(24)10-12-19(11-9-17(23)21-19)14-15-5-7-16(20)8-6-15/h5-8H,3-4,9-14H2,1-2H3,(H,21,23)/t19-/m1/s1. The van der Waals surface area contributed by atoms with Crippen LogP contribution in [0.1, 0.15) is 51.0 Å². The van der Waals surface area contributed by atoms with E-state index in [4.69, 9.17) is 0 Å². The molecular weight excluding hydrogens is 307 g/mol. The van der Waals surface area contributed by atoms with Crippen LogP contribution in [0, 0.1) is 5.82 Å². The summed E-state index contributed by atoms with van der Waals surface area (Å²) in [7, 11) is 1.83. The van der Waals surface area contributed by atoms with Gasteiger partial charge in [-0.25, -0.2) is 4.39 Å². The zero-order chi connectivity index (χ0) is 17.6. The Kier molecular flexibility index (Phi) is 6.35. The van der Waals surface area contributed by atoms with Crippen LogP contribution < -0.4 is 5.32 Å². The largest absolute Gasteiger partial charge is 0.350 e. The second-order valence-corrected chi connectivity index (χ2v) is 6.80. The van der Waals surface area contributed by atoms with Gasteiger partial charge in [-0.3, -0.25) is 9.59 Å². The first-order chi connectivity index (χ1) is 11.4. The number of carbonyl (C=O) groups excluding carboxylic acids is 2. The van der Waals surface area contributed by atoms with Gasteiger partial charge in [0.15, 0.2) is 0 Å². The van der Waals surface area contributed by atoms with Crippen LogP contribution in [0.2, 0.25) is 0 Å². The minimum Gasteiger partial charge on any atom is -0.350 e. The van der Waals surface area contributed by atoms with Crippen molar-refractivity contribution in [1.82, 2.24) is 10.2 Å². The highest BCUT2D eigenvalue weighted by atomic mass is 19.1. The molecule has 1 aromatic carbocycles. The molecule has 1 aliphatic heterocycles. The molecule has 2 rings (SSSR count). The minimum absolute atomic E-state index is 0.0314. The van der Waals surface area contributed by atoms with Gasteiger partial charge in [-0.2, -0.15) is 0 Å². The number of nitrogens with zero attached hydrogens (tertiary/aromatic N) is 1. The van der Waals surface area contributed by atoms with Crippen molar-refractivity contribution in [2.24, 2.45) is 0 Å². The van der Waals surface area contributed by atoms with Crippen LogP contribution in [0.4, 0.5) is 4.39 Å². The topological polar surface area (TPSA) is 49.4 Å². The van der Waals surface area contributed by atoms with Gasteiger partial charge in [-0.05, 0) is 43.4 Å². The molecule has 0 unspecified atom stereocenters. The summed E-state index contributed by atoms with van der Waals surface area (Å²) in [6, 6.07) is 6.36. The fourth-order valence-electron chi connectivity index (χ4n) is 3.23. The van der Waals surface area contributed by atoms with Crippen LogP contribution in [0.3, 0.4) is 0 Å². The van der Waals surface area contributed by atoms with Gasteiger partial charge >= 0.3 is 0 Å². The second kappa shape index (κ2) is 8.27. The summed E-state index contributed by atoms with van der Waals surface area (Å²) in [6.45, 7) is 2.87. The van der Waals surface area contributed by atoms with Gasteiger partial charge in [0.25, 0.3) is 0 Å². The third-order valence-corrected chi connectivity index (χ3v) is 4.78. The van der Waals surface area contributed by atoms with Crippen molar-refractivity contribution in [3.63, 3.8) is 0 Å². The summed E-state index contributed by atoms with van der Waals surface area (Å²) in [5.74, 6) is -0.122. The molecule has 1 aliphatic rings. The first-order valence-electron chi connectivity index (χ1n) is 8.73. The van der Waals surface area contributed by atoms with Gasteiger partial charge in [0.2, 0.25) is 11.8 Å². The molecular formula is C19H27FN2O2. The fraction of sp³-hybridized carbons (Fsp3) is 0.579. The maximum atomic E-state index is 13.1. The number of nitrogens with one attached hydrogen (secondary N) is 1. The highest BCUT2D eigenvalue weighted by Crippen LogP contribution is 2.30. The van der Waals surface area contributed by atoms with Crippen molar-refractivity contribution in [2.45, 2.75) is 57.4 Å². The van der Waals surface area contributed by atoms with Gasteiger partial charge in [-0.1, -0.05) is 25.5 Å². The normalized spacial score (nSPS) is 20.0. The smallest absolute Gasteiger partial charge is 0.222 e. The number of hydrogen-bond donors (Lipinski definition) is 1. The number of halogens is 1. The molecule has 5 heteroatoms. The summed E-state index contributed by atoms with van der Waals surface area (Å²) >= 11 is 0. The Hall–Kier alpha value is -1.91. The Morgan fingerprint density at radius 3 is 2.62 bits per heavy atom. The minimum atomic E-state index is -0.393. The molecule has 132 valence electrons. The lowest BCUT2D eigenvalue weighted by Crippen LogP contribution is -2.44. The Labute approximate surface area is 143 Å². The predicted octanol–water partition coefficient (Wildman–Crippen LogP) is 3.06. The van der Waals surface area contributed by atoms with Crippen molar-refractivity contribution >= 4 is 11.8 Å². The lowest BCUT2D eigenvalue weighted by Gasteiger charge is -2.30. The number of amides is 2.